The van der Waals surface area contributed by atoms with E-state index < -0.39 is 0 Å². The summed E-state index contributed by atoms with van der Waals surface area (Å²) in [6.07, 6.45) is 3.24. The number of amides is 2. The van der Waals surface area contributed by atoms with E-state index in [9.17, 15) is 9.59 Å². The molecule has 1 N–H and O–H groups in total. The molecule has 2 heterocycles. The minimum Gasteiger partial charge on any atom is -0.354 e. The van der Waals surface area contributed by atoms with Crippen LogP contribution in [0.15, 0.2) is 30.3 Å². The maximum Gasteiger partial charge on any atom is 0.272 e. The summed E-state index contributed by atoms with van der Waals surface area (Å²) in [5.41, 5.74) is 3.44. The second kappa shape index (κ2) is 9.37. The predicted octanol–water partition coefficient (Wildman–Crippen LogP) is 3.08. The van der Waals surface area contributed by atoms with Crippen LogP contribution in [0.3, 0.4) is 0 Å². The summed E-state index contributed by atoms with van der Waals surface area (Å²) in [5.74, 6) is -0.423. The van der Waals surface area contributed by atoms with Crippen molar-refractivity contribution in [2.45, 2.75) is 45.6 Å². The quantitative estimate of drug-likeness (QED) is 0.698. The molecule has 0 bridgehead atoms. The average Bonchev–Trinajstić information content (AvgIpc) is 3.16. The number of carbonyl (C=O) groups excluding carboxylic acids is 2. The first-order chi connectivity index (χ1) is 14.0. The lowest BCUT2D eigenvalue weighted by atomic mass is 10.1. The van der Waals surface area contributed by atoms with Crippen LogP contribution in [0.25, 0.3) is 11.3 Å². The van der Waals surface area contributed by atoms with Crippen molar-refractivity contribution >= 4 is 11.8 Å². The first-order valence-corrected chi connectivity index (χ1v) is 10.1. The van der Waals surface area contributed by atoms with Gasteiger partial charge in [-0.3, -0.25) is 14.3 Å². The first-order valence-electron chi connectivity index (χ1n) is 10.1. The van der Waals surface area contributed by atoms with Gasteiger partial charge in [-0.15, -0.1) is 0 Å². The van der Waals surface area contributed by atoms with Crippen LogP contribution in [0.1, 0.15) is 54.7 Å². The van der Waals surface area contributed by atoms with Crippen LogP contribution in [0, 0.1) is 18.3 Å². The molecule has 1 unspecified atom stereocenters. The summed E-state index contributed by atoms with van der Waals surface area (Å²) in [7, 11) is 0. The van der Waals surface area contributed by atoms with Crippen molar-refractivity contribution < 1.29 is 9.59 Å². The Morgan fingerprint density at radius 3 is 2.79 bits per heavy atom. The highest BCUT2D eigenvalue weighted by atomic mass is 16.2. The number of rotatable bonds is 8. The van der Waals surface area contributed by atoms with E-state index in [4.69, 9.17) is 10.4 Å². The molecule has 0 radical (unpaired) electrons. The predicted molar refractivity (Wildman–Crippen MR) is 110 cm³/mol. The van der Waals surface area contributed by atoms with Gasteiger partial charge in [-0.2, -0.15) is 10.4 Å². The summed E-state index contributed by atoms with van der Waals surface area (Å²) < 4.78 is 1.84. The van der Waals surface area contributed by atoms with Gasteiger partial charge in [-0.25, -0.2) is 0 Å². The largest absolute Gasteiger partial charge is 0.354 e. The third kappa shape index (κ3) is 4.83. The number of unbranched alkanes of at least 4 members (excludes halogenated alkanes) is 1. The van der Waals surface area contributed by atoms with E-state index >= 15 is 0 Å². The molecule has 0 aliphatic carbocycles. The Kier molecular flexibility index (Phi) is 6.65. The molecule has 0 fully saturated rings. The molecule has 2 amide bonds. The number of benzene rings is 1. The summed E-state index contributed by atoms with van der Waals surface area (Å²) >= 11 is 0. The zero-order chi connectivity index (χ0) is 20.8. The molecular formula is C22H27N5O2. The molecule has 7 nitrogen and oxygen atoms in total. The second-order valence-electron chi connectivity index (χ2n) is 7.47. The number of nitrogens with zero attached hydrogens (tertiary/aromatic N) is 4. The van der Waals surface area contributed by atoms with Crippen molar-refractivity contribution in [1.82, 2.24) is 20.0 Å². The number of nitriles is 1. The van der Waals surface area contributed by atoms with Crippen LogP contribution < -0.4 is 5.32 Å². The summed E-state index contributed by atoms with van der Waals surface area (Å²) in [6, 6.07) is 11.9. The van der Waals surface area contributed by atoms with E-state index in [1.807, 2.05) is 48.0 Å². The van der Waals surface area contributed by atoms with Crippen molar-refractivity contribution in [3.8, 4) is 17.3 Å². The molecule has 1 aromatic heterocycles. The van der Waals surface area contributed by atoms with Gasteiger partial charge in [0.15, 0.2) is 0 Å². The van der Waals surface area contributed by atoms with E-state index in [0.29, 0.717) is 18.8 Å². The van der Waals surface area contributed by atoms with Crippen molar-refractivity contribution in [1.29, 1.82) is 5.26 Å². The van der Waals surface area contributed by atoms with E-state index in [0.717, 1.165) is 30.5 Å². The van der Waals surface area contributed by atoms with Gasteiger partial charge in [-0.05, 0) is 19.4 Å². The molecule has 152 valence electrons. The molecule has 7 heteroatoms. The first kappa shape index (κ1) is 20.6. The minimum absolute atomic E-state index is 0.00205. The lowest BCUT2D eigenvalue weighted by molar-refractivity contribution is -0.121. The molecule has 1 aromatic carbocycles. The number of aromatic nitrogens is 2. The number of hydrogen-bond donors (Lipinski definition) is 1. The van der Waals surface area contributed by atoms with Crippen LogP contribution in [0.2, 0.25) is 0 Å². The third-order valence-electron chi connectivity index (χ3n) is 5.15. The highest BCUT2D eigenvalue weighted by Crippen LogP contribution is 2.29. The molecular weight excluding hydrogens is 366 g/mol. The standard InChI is InChI=1S/C22H27N5O2/c1-3-4-6-18-14-26(15-21(28)24-12-5-11-23)22(29)20-13-19(25-27(18)20)17-9-7-16(2)8-10-17/h7-10,13,18H,3-6,12,14-15H2,1-2H3,(H,24,28). The highest BCUT2D eigenvalue weighted by molar-refractivity contribution is 5.96. The fourth-order valence-corrected chi connectivity index (χ4v) is 3.55. The van der Waals surface area contributed by atoms with Gasteiger partial charge >= 0.3 is 0 Å². The van der Waals surface area contributed by atoms with Gasteiger partial charge in [0.05, 0.1) is 30.8 Å². The van der Waals surface area contributed by atoms with Crippen LogP contribution >= 0.6 is 0 Å². The number of aryl methyl sites for hydroxylation is 1. The van der Waals surface area contributed by atoms with Gasteiger partial charge in [0.25, 0.3) is 5.91 Å². The normalized spacial score (nSPS) is 15.7. The Balaban J connectivity index is 1.84. The van der Waals surface area contributed by atoms with Crippen LogP contribution in [0.5, 0.6) is 0 Å². The fraction of sp³-hybridized carbons (Fsp3) is 0.455. The SMILES string of the molecule is CCCCC1CN(CC(=O)NCCC#N)C(=O)c2cc(-c3ccc(C)cc3)nn21. The van der Waals surface area contributed by atoms with Gasteiger partial charge in [0.1, 0.15) is 5.69 Å². The van der Waals surface area contributed by atoms with Gasteiger partial charge < -0.3 is 10.2 Å². The van der Waals surface area contributed by atoms with Gasteiger partial charge in [0.2, 0.25) is 5.91 Å². The van der Waals surface area contributed by atoms with Crippen LogP contribution in [-0.2, 0) is 4.79 Å². The molecule has 29 heavy (non-hydrogen) atoms. The average molecular weight is 393 g/mol. The zero-order valence-corrected chi connectivity index (χ0v) is 17.0. The third-order valence-corrected chi connectivity index (χ3v) is 5.15. The molecule has 2 aromatic rings. The zero-order valence-electron chi connectivity index (χ0n) is 17.0. The molecule has 1 aliphatic rings. The lowest BCUT2D eigenvalue weighted by Crippen LogP contribution is -2.47. The Labute approximate surface area is 171 Å². The van der Waals surface area contributed by atoms with Crippen molar-refractivity contribution in [3.63, 3.8) is 0 Å². The number of nitrogens with one attached hydrogen (secondary N) is 1. The molecule has 1 atom stereocenters. The highest BCUT2D eigenvalue weighted by Gasteiger charge is 2.33. The Morgan fingerprint density at radius 2 is 2.10 bits per heavy atom. The number of carbonyl (C=O) groups is 2. The summed E-state index contributed by atoms with van der Waals surface area (Å²) in [6.45, 7) is 4.93. The molecule has 0 saturated carbocycles. The number of fused-ring (bicyclic) bond motifs is 1. The number of hydrogen-bond acceptors (Lipinski definition) is 4. The Morgan fingerprint density at radius 1 is 1.34 bits per heavy atom. The minimum atomic E-state index is -0.241. The van der Waals surface area contributed by atoms with E-state index in [1.165, 1.54) is 5.56 Å². The van der Waals surface area contributed by atoms with Crippen molar-refractivity contribution in [2.75, 3.05) is 19.6 Å². The van der Waals surface area contributed by atoms with E-state index in [-0.39, 0.29) is 30.8 Å². The topological polar surface area (TPSA) is 91.0 Å². The second-order valence-corrected chi connectivity index (χ2v) is 7.47. The van der Waals surface area contributed by atoms with Crippen molar-refractivity contribution in [2.24, 2.45) is 0 Å². The molecule has 3 rings (SSSR count). The maximum absolute atomic E-state index is 13.0. The van der Waals surface area contributed by atoms with Crippen molar-refractivity contribution in [3.05, 3.63) is 41.6 Å². The van der Waals surface area contributed by atoms with Crippen LogP contribution in [0.4, 0.5) is 0 Å². The fourth-order valence-electron chi connectivity index (χ4n) is 3.55. The van der Waals surface area contributed by atoms with Crippen LogP contribution in [-0.4, -0.2) is 46.1 Å². The summed E-state index contributed by atoms with van der Waals surface area (Å²) in [4.78, 5) is 26.8. The van der Waals surface area contributed by atoms with E-state index in [1.54, 1.807) is 4.90 Å². The van der Waals surface area contributed by atoms with E-state index in [2.05, 4.69) is 12.2 Å². The van der Waals surface area contributed by atoms with Gasteiger partial charge in [-0.1, -0.05) is 49.6 Å². The smallest absolute Gasteiger partial charge is 0.272 e. The molecule has 1 aliphatic heterocycles. The Hall–Kier alpha value is -3.14. The maximum atomic E-state index is 13.0. The summed E-state index contributed by atoms with van der Waals surface area (Å²) in [5, 5.41) is 16.0. The lowest BCUT2D eigenvalue weighted by Gasteiger charge is -2.33. The monoisotopic (exact) mass is 393 g/mol. The Bertz CT molecular complexity index is 910. The van der Waals surface area contributed by atoms with Gasteiger partial charge in [0, 0.05) is 18.7 Å². The molecule has 0 spiro atoms. The molecule has 0 saturated heterocycles.